The van der Waals surface area contributed by atoms with E-state index in [0.717, 1.165) is 0 Å². The van der Waals surface area contributed by atoms with Gasteiger partial charge in [0.1, 0.15) is 0 Å². The van der Waals surface area contributed by atoms with Gasteiger partial charge in [0.2, 0.25) is 11.8 Å². The molecule has 0 radical (unpaired) electrons. The summed E-state index contributed by atoms with van der Waals surface area (Å²) in [5.41, 5.74) is 6.04. The van der Waals surface area contributed by atoms with E-state index in [2.05, 4.69) is 15.6 Å². The maximum atomic E-state index is 11.4. The summed E-state index contributed by atoms with van der Waals surface area (Å²) in [6, 6.07) is 2.83. The van der Waals surface area contributed by atoms with Gasteiger partial charge in [0, 0.05) is 31.0 Å². The van der Waals surface area contributed by atoms with Crippen LogP contribution in [0.25, 0.3) is 0 Å². The third-order valence-electron chi connectivity index (χ3n) is 2.03. The number of carbonyl (C=O) groups is 2. The van der Waals surface area contributed by atoms with E-state index in [9.17, 15) is 9.59 Å². The number of nitrogens with zero attached hydrogens (tertiary/aromatic N) is 1. The highest BCUT2D eigenvalue weighted by Crippen LogP contribution is 2.03. The van der Waals surface area contributed by atoms with Gasteiger partial charge in [-0.2, -0.15) is 0 Å². The minimum absolute atomic E-state index is 0.166. The fraction of sp³-hybridized carbons (Fsp3) is 0.364. The molecule has 6 nitrogen and oxygen atoms in total. The molecule has 0 bridgehead atoms. The van der Waals surface area contributed by atoms with Crippen LogP contribution in [0.1, 0.15) is 13.3 Å². The maximum absolute atomic E-state index is 11.4. The first-order valence-electron chi connectivity index (χ1n) is 5.33. The van der Waals surface area contributed by atoms with Crippen molar-refractivity contribution in [1.29, 1.82) is 0 Å². The highest BCUT2D eigenvalue weighted by atomic mass is 16.2. The van der Waals surface area contributed by atoms with Crippen LogP contribution in [0.4, 0.5) is 5.69 Å². The van der Waals surface area contributed by atoms with Gasteiger partial charge in [0.15, 0.2) is 0 Å². The average molecular weight is 236 g/mol. The first kappa shape index (κ1) is 13.1. The Hall–Kier alpha value is -1.95. The van der Waals surface area contributed by atoms with Crippen molar-refractivity contribution in [2.75, 3.05) is 11.9 Å². The summed E-state index contributed by atoms with van der Waals surface area (Å²) in [6.07, 6.45) is 3.39. The minimum Gasteiger partial charge on any atom is -0.354 e. The molecule has 0 spiro atoms. The van der Waals surface area contributed by atoms with Crippen LogP contribution in [0.3, 0.4) is 0 Å². The van der Waals surface area contributed by atoms with Crippen molar-refractivity contribution in [3.63, 3.8) is 0 Å². The molecule has 0 aromatic carbocycles. The SMILES string of the molecule is C[C@@H](N)C(=O)NCCC(=O)Nc1ccncc1. The molecule has 92 valence electrons. The molecule has 0 aliphatic rings. The lowest BCUT2D eigenvalue weighted by atomic mass is 10.3. The third-order valence-corrected chi connectivity index (χ3v) is 2.03. The fourth-order valence-corrected chi connectivity index (χ4v) is 1.12. The van der Waals surface area contributed by atoms with Gasteiger partial charge in [-0.3, -0.25) is 14.6 Å². The van der Waals surface area contributed by atoms with Crippen molar-refractivity contribution in [1.82, 2.24) is 10.3 Å². The molecular formula is C11H16N4O2. The van der Waals surface area contributed by atoms with Gasteiger partial charge in [-0.25, -0.2) is 0 Å². The number of anilines is 1. The predicted molar refractivity (Wildman–Crippen MR) is 64.1 cm³/mol. The number of pyridine rings is 1. The number of hydrogen-bond acceptors (Lipinski definition) is 4. The Morgan fingerprint density at radius 1 is 1.41 bits per heavy atom. The molecule has 1 rings (SSSR count). The van der Waals surface area contributed by atoms with E-state index in [1.165, 1.54) is 0 Å². The lowest BCUT2D eigenvalue weighted by molar-refractivity contribution is -0.122. The van der Waals surface area contributed by atoms with Crippen LogP contribution in [0.15, 0.2) is 24.5 Å². The molecule has 0 aliphatic heterocycles. The van der Waals surface area contributed by atoms with Crippen molar-refractivity contribution in [2.45, 2.75) is 19.4 Å². The standard InChI is InChI=1S/C11H16N4O2/c1-8(12)11(17)14-7-4-10(16)15-9-2-5-13-6-3-9/h2-3,5-6,8H,4,7,12H2,1H3,(H,14,17)(H,13,15,16)/t8-/m1/s1. The summed E-state index contributed by atoms with van der Waals surface area (Å²) < 4.78 is 0. The summed E-state index contributed by atoms with van der Waals surface area (Å²) in [5, 5.41) is 5.25. The second kappa shape index (κ2) is 6.59. The zero-order valence-corrected chi connectivity index (χ0v) is 9.64. The molecular weight excluding hydrogens is 220 g/mol. The van der Waals surface area contributed by atoms with Gasteiger partial charge < -0.3 is 16.4 Å². The molecule has 1 aromatic rings. The van der Waals surface area contributed by atoms with Crippen molar-refractivity contribution >= 4 is 17.5 Å². The second-order valence-corrected chi connectivity index (χ2v) is 3.61. The zero-order chi connectivity index (χ0) is 12.7. The van der Waals surface area contributed by atoms with Crippen LogP contribution < -0.4 is 16.4 Å². The first-order chi connectivity index (χ1) is 8.09. The molecule has 6 heteroatoms. The van der Waals surface area contributed by atoms with Gasteiger partial charge in [-0.1, -0.05) is 0 Å². The van der Waals surface area contributed by atoms with E-state index in [4.69, 9.17) is 5.73 Å². The van der Waals surface area contributed by atoms with Crippen LogP contribution in [-0.4, -0.2) is 29.4 Å². The Labute approximate surface area is 99.6 Å². The monoisotopic (exact) mass is 236 g/mol. The van der Waals surface area contributed by atoms with Crippen molar-refractivity contribution in [3.05, 3.63) is 24.5 Å². The Morgan fingerprint density at radius 3 is 2.65 bits per heavy atom. The molecule has 0 fully saturated rings. The summed E-state index contributed by atoms with van der Waals surface area (Å²) in [4.78, 5) is 26.4. The molecule has 0 aliphatic carbocycles. The second-order valence-electron chi connectivity index (χ2n) is 3.61. The lowest BCUT2D eigenvalue weighted by Crippen LogP contribution is -2.39. The van der Waals surface area contributed by atoms with Gasteiger partial charge in [0.25, 0.3) is 0 Å². The van der Waals surface area contributed by atoms with E-state index in [-0.39, 0.29) is 24.8 Å². The van der Waals surface area contributed by atoms with E-state index in [0.29, 0.717) is 5.69 Å². The lowest BCUT2D eigenvalue weighted by Gasteiger charge is -2.08. The normalized spacial score (nSPS) is 11.6. The Morgan fingerprint density at radius 2 is 2.06 bits per heavy atom. The first-order valence-corrected chi connectivity index (χ1v) is 5.33. The zero-order valence-electron chi connectivity index (χ0n) is 9.64. The molecule has 1 heterocycles. The smallest absolute Gasteiger partial charge is 0.236 e. The van der Waals surface area contributed by atoms with Gasteiger partial charge in [-0.15, -0.1) is 0 Å². The quantitative estimate of drug-likeness (QED) is 0.663. The summed E-state index contributed by atoms with van der Waals surface area (Å²) in [7, 11) is 0. The van der Waals surface area contributed by atoms with Gasteiger partial charge >= 0.3 is 0 Å². The van der Waals surface area contributed by atoms with Gasteiger partial charge in [-0.05, 0) is 19.1 Å². The van der Waals surface area contributed by atoms with Crippen molar-refractivity contribution in [3.8, 4) is 0 Å². The van der Waals surface area contributed by atoms with Gasteiger partial charge in [0.05, 0.1) is 6.04 Å². The molecule has 0 saturated carbocycles. The van der Waals surface area contributed by atoms with Crippen LogP contribution in [0.5, 0.6) is 0 Å². The molecule has 1 atom stereocenters. The number of hydrogen-bond donors (Lipinski definition) is 3. The number of carbonyl (C=O) groups excluding carboxylic acids is 2. The topological polar surface area (TPSA) is 97.1 Å². The molecule has 0 saturated heterocycles. The van der Waals surface area contributed by atoms with Crippen LogP contribution in [-0.2, 0) is 9.59 Å². The Balaban J connectivity index is 2.25. The largest absolute Gasteiger partial charge is 0.354 e. The van der Waals surface area contributed by atoms with Crippen LogP contribution in [0.2, 0.25) is 0 Å². The molecule has 1 aromatic heterocycles. The molecule has 2 amide bonds. The summed E-state index contributed by atoms with van der Waals surface area (Å²) >= 11 is 0. The number of rotatable bonds is 5. The summed E-state index contributed by atoms with van der Waals surface area (Å²) in [5.74, 6) is -0.428. The number of aromatic nitrogens is 1. The van der Waals surface area contributed by atoms with E-state index < -0.39 is 6.04 Å². The van der Waals surface area contributed by atoms with Crippen LogP contribution in [0, 0.1) is 0 Å². The highest BCUT2D eigenvalue weighted by molar-refractivity contribution is 5.91. The van der Waals surface area contributed by atoms with E-state index >= 15 is 0 Å². The minimum atomic E-state index is -0.557. The molecule has 4 N–H and O–H groups in total. The molecule has 17 heavy (non-hydrogen) atoms. The number of nitrogens with two attached hydrogens (primary N) is 1. The van der Waals surface area contributed by atoms with Crippen LogP contribution >= 0.6 is 0 Å². The van der Waals surface area contributed by atoms with Crippen molar-refractivity contribution < 1.29 is 9.59 Å². The predicted octanol–water partition coefficient (Wildman–Crippen LogP) is -0.126. The van der Waals surface area contributed by atoms with Crippen molar-refractivity contribution in [2.24, 2.45) is 5.73 Å². The Bertz CT molecular complexity index is 378. The highest BCUT2D eigenvalue weighted by Gasteiger charge is 2.07. The van der Waals surface area contributed by atoms with E-state index in [1.807, 2.05) is 0 Å². The molecule has 0 unspecified atom stereocenters. The number of nitrogens with one attached hydrogen (secondary N) is 2. The maximum Gasteiger partial charge on any atom is 0.236 e. The Kier molecular flexibility index (Phi) is 5.09. The van der Waals surface area contributed by atoms with E-state index in [1.54, 1.807) is 31.5 Å². The summed E-state index contributed by atoms with van der Waals surface area (Å²) in [6.45, 7) is 1.86. The number of amides is 2. The fourth-order valence-electron chi connectivity index (χ4n) is 1.12. The third kappa shape index (κ3) is 5.07. The average Bonchev–Trinajstić information content (AvgIpc) is 2.30.